The third-order valence-corrected chi connectivity index (χ3v) is 6.76. The van der Waals surface area contributed by atoms with Crippen molar-refractivity contribution in [2.45, 2.75) is 16.7 Å². The number of aromatic hydroxyl groups is 1. The van der Waals surface area contributed by atoms with Crippen LogP contribution < -0.4 is 10.7 Å². The topological polar surface area (TPSA) is 233 Å². The number of hydrazone groups is 1. The molecule has 200 valence electrons. The smallest absolute Gasteiger partial charge is 0.337 e. The number of nitrogens with two attached hydrogens (primary N) is 1. The SMILES string of the molecule is Cc1cc(N=N/C(=N\N(C)c2ccc(N)cc2C(=O)O)c2ccccc2S(=O)(=O)O)c(O)c(S(=O)(=O)O)c1. The highest BCUT2D eigenvalue weighted by atomic mass is 32.2. The van der Waals surface area contributed by atoms with Gasteiger partial charge >= 0.3 is 5.97 Å². The molecule has 0 fully saturated rings. The molecule has 3 aromatic carbocycles. The number of carboxylic acids is 1. The Morgan fingerprint density at radius 2 is 1.55 bits per heavy atom. The fourth-order valence-electron chi connectivity index (χ4n) is 3.31. The number of rotatable bonds is 7. The number of carboxylic acid groups (broad SMARTS) is 1. The number of nitrogens with zero attached hydrogens (tertiary/aromatic N) is 4. The number of anilines is 2. The molecular formula is C22H21N5O9S2. The third-order valence-electron chi connectivity index (χ3n) is 4.98. The molecule has 0 spiro atoms. The van der Waals surface area contributed by atoms with E-state index in [1.54, 1.807) is 0 Å². The van der Waals surface area contributed by atoms with Gasteiger partial charge in [0, 0.05) is 18.3 Å². The maximum atomic E-state index is 12.0. The van der Waals surface area contributed by atoms with Crippen LogP contribution in [0.25, 0.3) is 0 Å². The van der Waals surface area contributed by atoms with Crippen molar-refractivity contribution < 1.29 is 40.9 Å². The van der Waals surface area contributed by atoms with Gasteiger partial charge in [-0.15, -0.1) is 10.2 Å². The molecule has 0 bridgehead atoms. The quantitative estimate of drug-likeness (QED) is 0.0699. The van der Waals surface area contributed by atoms with Crippen molar-refractivity contribution in [3.8, 4) is 5.75 Å². The second kappa shape index (κ2) is 10.5. The highest BCUT2D eigenvalue weighted by Crippen LogP contribution is 2.35. The lowest BCUT2D eigenvalue weighted by Gasteiger charge is -2.17. The lowest BCUT2D eigenvalue weighted by atomic mass is 10.1. The fourth-order valence-corrected chi connectivity index (χ4v) is 4.68. The summed E-state index contributed by atoms with van der Waals surface area (Å²) in [5, 5.41) is 32.8. The second-order valence-electron chi connectivity index (χ2n) is 7.81. The summed E-state index contributed by atoms with van der Waals surface area (Å²) in [7, 11) is -8.32. The van der Waals surface area contributed by atoms with E-state index < -0.39 is 53.3 Å². The summed E-state index contributed by atoms with van der Waals surface area (Å²) < 4.78 is 66.4. The van der Waals surface area contributed by atoms with Crippen molar-refractivity contribution in [3.63, 3.8) is 0 Å². The van der Waals surface area contributed by atoms with E-state index in [0.717, 1.165) is 17.1 Å². The molecule has 16 heteroatoms. The molecule has 6 N–H and O–H groups in total. The Hall–Kier alpha value is -4.38. The summed E-state index contributed by atoms with van der Waals surface area (Å²) in [6, 6.07) is 11.2. The standard InChI is InChI=1S/C22H21N5O9S2/c1-12-9-16(20(28)19(10-12)38(34,35)36)24-25-21(14-5-3-4-6-18(14)37(31,32)33)26-27(2)17-8-7-13(23)11-15(17)22(29)30/h3-11,28H,23H2,1-2H3,(H,29,30)(H,31,32,33)(H,34,35,36)/b25-24?,26-21-. The number of amidine groups is 1. The van der Waals surface area contributed by atoms with E-state index in [-0.39, 0.29) is 28.1 Å². The van der Waals surface area contributed by atoms with Gasteiger partial charge in [0.2, 0.25) is 5.84 Å². The Morgan fingerprint density at radius 1 is 0.921 bits per heavy atom. The molecule has 3 rings (SSSR count). The van der Waals surface area contributed by atoms with Crippen LogP contribution in [0.3, 0.4) is 0 Å². The number of hydrogen-bond acceptors (Lipinski definition) is 10. The van der Waals surface area contributed by atoms with Crippen molar-refractivity contribution in [1.82, 2.24) is 0 Å². The first-order valence-corrected chi connectivity index (χ1v) is 13.2. The largest absolute Gasteiger partial charge is 0.504 e. The first-order chi connectivity index (χ1) is 17.6. The Morgan fingerprint density at radius 3 is 2.16 bits per heavy atom. The molecule has 0 aliphatic heterocycles. The van der Waals surface area contributed by atoms with Crippen LogP contribution in [-0.2, 0) is 20.2 Å². The molecule has 38 heavy (non-hydrogen) atoms. The molecule has 14 nitrogen and oxygen atoms in total. The van der Waals surface area contributed by atoms with Crippen LogP contribution >= 0.6 is 0 Å². The van der Waals surface area contributed by atoms with Crippen LogP contribution in [0.1, 0.15) is 21.5 Å². The lowest BCUT2D eigenvalue weighted by Crippen LogP contribution is -2.17. The van der Waals surface area contributed by atoms with Gasteiger partial charge < -0.3 is 15.9 Å². The van der Waals surface area contributed by atoms with Crippen LogP contribution in [0.2, 0.25) is 0 Å². The molecule has 0 amide bonds. The first-order valence-electron chi connectivity index (χ1n) is 10.3. The minimum absolute atomic E-state index is 0.0239. The number of phenols is 1. The summed E-state index contributed by atoms with van der Waals surface area (Å²) in [6.07, 6.45) is 0. The third kappa shape index (κ3) is 6.30. The first kappa shape index (κ1) is 28.2. The van der Waals surface area contributed by atoms with Gasteiger partial charge in [-0.05, 0) is 55.0 Å². The van der Waals surface area contributed by atoms with Crippen molar-refractivity contribution in [3.05, 3.63) is 71.3 Å². The highest BCUT2D eigenvalue weighted by Gasteiger charge is 2.22. The molecule has 0 unspecified atom stereocenters. The predicted molar refractivity (Wildman–Crippen MR) is 136 cm³/mol. The monoisotopic (exact) mass is 563 g/mol. The van der Waals surface area contributed by atoms with E-state index in [1.807, 2.05) is 0 Å². The number of nitrogen functional groups attached to an aromatic ring is 1. The minimum atomic E-state index is -4.84. The summed E-state index contributed by atoms with van der Waals surface area (Å²) in [5.74, 6) is -2.76. The molecule has 0 radical (unpaired) electrons. The Kier molecular flexibility index (Phi) is 7.82. The summed E-state index contributed by atoms with van der Waals surface area (Å²) >= 11 is 0. The van der Waals surface area contributed by atoms with Gasteiger partial charge in [-0.2, -0.15) is 21.9 Å². The van der Waals surface area contributed by atoms with E-state index in [4.69, 9.17) is 5.73 Å². The normalized spacial score (nSPS) is 12.6. The molecule has 0 atom stereocenters. The lowest BCUT2D eigenvalue weighted by molar-refractivity contribution is 0.0697. The molecule has 0 aromatic heterocycles. The van der Waals surface area contributed by atoms with Crippen LogP contribution in [0.4, 0.5) is 17.1 Å². The number of aryl methyl sites for hydroxylation is 1. The minimum Gasteiger partial charge on any atom is -0.504 e. The van der Waals surface area contributed by atoms with Crippen LogP contribution in [0.5, 0.6) is 5.75 Å². The average Bonchev–Trinajstić information content (AvgIpc) is 2.81. The summed E-state index contributed by atoms with van der Waals surface area (Å²) in [4.78, 5) is 10.3. The predicted octanol–water partition coefficient (Wildman–Crippen LogP) is 3.06. The highest BCUT2D eigenvalue weighted by molar-refractivity contribution is 7.86. The number of benzene rings is 3. The summed E-state index contributed by atoms with van der Waals surface area (Å²) in [5.41, 5.74) is 5.20. The number of phenolic OH excluding ortho intramolecular Hbond substituents is 1. The van der Waals surface area contributed by atoms with Crippen LogP contribution in [0, 0.1) is 6.92 Å². The average molecular weight is 564 g/mol. The molecule has 0 heterocycles. The number of azo groups is 1. The van der Waals surface area contributed by atoms with Crippen molar-refractivity contribution in [1.29, 1.82) is 0 Å². The second-order valence-corrected chi connectivity index (χ2v) is 10.6. The number of hydrogen-bond donors (Lipinski definition) is 5. The van der Waals surface area contributed by atoms with Gasteiger partial charge in [-0.1, -0.05) is 12.1 Å². The maximum absolute atomic E-state index is 12.0. The van der Waals surface area contributed by atoms with Crippen LogP contribution in [-0.4, -0.2) is 55.0 Å². The van der Waals surface area contributed by atoms with Crippen LogP contribution in [0.15, 0.2) is 79.7 Å². The maximum Gasteiger partial charge on any atom is 0.337 e. The van der Waals surface area contributed by atoms with Gasteiger partial charge in [0.15, 0.2) is 5.75 Å². The number of aromatic carboxylic acids is 1. The van der Waals surface area contributed by atoms with Gasteiger partial charge in [-0.3, -0.25) is 14.1 Å². The fraction of sp³-hybridized carbons (Fsp3) is 0.0909. The van der Waals surface area contributed by atoms with Gasteiger partial charge in [-0.25, -0.2) is 4.79 Å². The summed E-state index contributed by atoms with van der Waals surface area (Å²) in [6.45, 7) is 1.46. The molecule has 0 saturated carbocycles. The van der Waals surface area contributed by atoms with E-state index in [0.29, 0.717) is 0 Å². The van der Waals surface area contributed by atoms with Crippen molar-refractivity contribution >= 4 is 49.1 Å². The molecular weight excluding hydrogens is 542 g/mol. The Bertz CT molecular complexity index is 1700. The molecule has 0 aliphatic carbocycles. The molecule has 0 saturated heterocycles. The molecule has 3 aromatic rings. The Labute approximate surface area is 216 Å². The zero-order chi connectivity index (χ0) is 28.4. The van der Waals surface area contributed by atoms with E-state index in [2.05, 4.69) is 15.3 Å². The van der Waals surface area contributed by atoms with Gasteiger partial charge in [0.05, 0.1) is 11.3 Å². The van der Waals surface area contributed by atoms with E-state index >= 15 is 0 Å². The number of carbonyl (C=O) groups is 1. The molecule has 0 aliphatic rings. The van der Waals surface area contributed by atoms with E-state index in [1.165, 1.54) is 56.4 Å². The van der Waals surface area contributed by atoms with E-state index in [9.17, 15) is 40.9 Å². The zero-order valence-electron chi connectivity index (χ0n) is 19.7. The van der Waals surface area contributed by atoms with Crippen molar-refractivity contribution in [2.24, 2.45) is 15.3 Å². The zero-order valence-corrected chi connectivity index (χ0v) is 21.3. The van der Waals surface area contributed by atoms with Gasteiger partial charge in [0.1, 0.15) is 15.5 Å². The van der Waals surface area contributed by atoms with Gasteiger partial charge in [0.25, 0.3) is 20.2 Å². The Balaban J connectivity index is 2.27. The van der Waals surface area contributed by atoms with Crippen molar-refractivity contribution in [2.75, 3.05) is 17.8 Å².